The zero-order chi connectivity index (χ0) is 15.2. The molecule has 0 aliphatic heterocycles. The van der Waals surface area contributed by atoms with E-state index in [-0.39, 0.29) is 0 Å². The third-order valence-corrected chi connectivity index (χ3v) is 4.81. The van der Waals surface area contributed by atoms with Gasteiger partial charge < -0.3 is 5.32 Å². The summed E-state index contributed by atoms with van der Waals surface area (Å²) in [4.78, 5) is 0. The average molecular weight is 434 g/mol. The van der Waals surface area contributed by atoms with Crippen LogP contribution >= 0.6 is 45.8 Å². The summed E-state index contributed by atoms with van der Waals surface area (Å²) >= 11 is 14.4. The Morgan fingerprint density at radius 3 is 2.19 bits per heavy atom. The Kier molecular flexibility index (Phi) is 6.80. The van der Waals surface area contributed by atoms with E-state index in [1.165, 1.54) is 14.7 Å². The van der Waals surface area contributed by atoms with Crippen LogP contribution in [0.4, 0.5) is 0 Å². The van der Waals surface area contributed by atoms with Gasteiger partial charge in [0, 0.05) is 9.61 Å². The molecule has 2 rings (SSSR count). The molecule has 0 saturated heterocycles. The molecule has 21 heavy (non-hydrogen) atoms. The number of benzene rings is 2. The van der Waals surface area contributed by atoms with Crippen LogP contribution in [-0.4, -0.2) is 12.6 Å². The molecule has 0 aromatic heterocycles. The van der Waals surface area contributed by atoms with E-state index in [1.807, 2.05) is 18.2 Å². The first kappa shape index (κ1) is 17.1. The predicted molar refractivity (Wildman–Crippen MR) is 100 cm³/mol. The monoisotopic (exact) mass is 433 g/mol. The van der Waals surface area contributed by atoms with E-state index >= 15 is 0 Å². The minimum absolute atomic E-state index is 0.396. The number of nitrogens with one attached hydrogen (secondary N) is 1. The summed E-state index contributed by atoms with van der Waals surface area (Å²) in [7, 11) is 0. The fourth-order valence-electron chi connectivity index (χ4n) is 2.36. The van der Waals surface area contributed by atoms with Gasteiger partial charge in [-0.2, -0.15) is 0 Å². The van der Waals surface area contributed by atoms with Crippen molar-refractivity contribution in [1.29, 1.82) is 0 Å². The van der Waals surface area contributed by atoms with Crippen LogP contribution in [0.15, 0.2) is 42.5 Å². The number of rotatable bonds is 6. The molecule has 112 valence electrons. The standard InChI is InChI=1S/C17H18Cl2IN/c1-2-21-15(9-12-3-6-14(20)7-4-12)10-13-5-8-16(18)17(19)11-13/h3-8,11,15,21H,2,9-10H2,1H3. The quantitative estimate of drug-likeness (QED) is 0.604. The van der Waals surface area contributed by atoms with Crippen molar-refractivity contribution in [2.24, 2.45) is 0 Å². The van der Waals surface area contributed by atoms with Crippen molar-refractivity contribution in [2.75, 3.05) is 6.54 Å². The van der Waals surface area contributed by atoms with E-state index in [1.54, 1.807) is 0 Å². The zero-order valence-electron chi connectivity index (χ0n) is 11.9. The SMILES string of the molecule is CCNC(Cc1ccc(I)cc1)Cc1ccc(Cl)c(Cl)c1. The largest absolute Gasteiger partial charge is 0.314 e. The highest BCUT2D eigenvalue weighted by Gasteiger charge is 2.10. The second-order valence-corrected chi connectivity index (χ2v) is 7.10. The molecule has 1 unspecified atom stereocenters. The van der Waals surface area contributed by atoms with E-state index < -0.39 is 0 Å². The molecule has 4 heteroatoms. The molecule has 0 saturated carbocycles. The number of hydrogen-bond donors (Lipinski definition) is 1. The summed E-state index contributed by atoms with van der Waals surface area (Å²) in [5, 5.41) is 4.78. The van der Waals surface area contributed by atoms with Crippen molar-refractivity contribution in [3.05, 3.63) is 67.2 Å². The fourth-order valence-corrected chi connectivity index (χ4v) is 3.04. The van der Waals surface area contributed by atoms with Crippen molar-refractivity contribution in [3.63, 3.8) is 0 Å². The first-order chi connectivity index (χ1) is 10.1. The first-order valence-electron chi connectivity index (χ1n) is 7.00. The Morgan fingerprint density at radius 1 is 0.952 bits per heavy atom. The second kappa shape index (κ2) is 8.37. The first-order valence-corrected chi connectivity index (χ1v) is 8.83. The number of halogens is 3. The van der Waals surface area contributed by atoms with Gasteiger partial charge in [0.05, 0.1) is 10.0 Å². The Morgan fingerprint density at radius 2 is 1.57 bits per heavy atom. The molecular weight excluding hydrogens is 416 g/mol. The summed E-state index contributed by atoms with van der Waals surface area (Å²) in [5.74, 6) is 0. The van der Waals surface area contributed by atoms with Crippen LogP contribution in [0.25, 0.3) is 0 Å². The maximum Gasteiger partial charge on any atom is 0.0595 e. The van der Waals surface area contributed by atoms with Crippen molar-refractivity contribution >= 4 is 45.8 Å². The normalized spacial score (nSPS) is 12.4. The van der Waals surface area contributed by atoms with Crippen LogP contribution in [0.5, 0.6) is 0 Å². The van der Waals surface area contributed by atoms with Crippen LogP contribution in [0.3, 0.4) is 0 Å². The molecule has 0 bridgehead atoms. The van der Waals surface area contributed by atoms with Gasteiger partial charge in [-0.1, -0.05) is 48.3 Å². The van der Waals surface area contributed by atoms with Gasteiger partial charge in [0.15, 0.2) is 0 Å². The van der Waals surface area contributed by atoms with Gasteiger partial charge in [-0.25, -0.2) is 0 Å². The van der Waals surface area contributed by atoms with Crippen LogP contribution in [-0.2, 0) is 12.8 Å². The van der Waals surface area contributed by atoms with Gasteiger partial charge in [0.1, 0.15) is 0 Å². The third-order valence-electron chi connectivity index (χ3n) is 3.35. The van der Waals surface area contributed by atoms with Gasteiger partial charge in [0.25, 0.3) is 0 Å². The lowest BCUT2D eigenvalue weighted by molar-refractivity contribution is 0.521. The Labute approximate surface area is 150 Å². The molecule has 2 aromatic carbocycles. The smallest absolute Gasteiger partial charge is 0.0595 e. The highest BCUT2D eigenvalue weighted by Crippen LogP contribution is 2.23. The average Bonchev–Trinajstić information content (AvgIpc) is 2.46. The molecule has 0 fully saturated rings. The van der Waals surface area contributed by atoms with Crippen molar-refractivity contribution < 1.29 is 0 Å². The highest BCUT2D eigenvalue weighted by atomic mass is 127. The zero-order valence-corrected chi connectivity index (χ0v) is 15.5. The lowest BCUT2D eigenvalue weighted by Crippen LogP contribution is -2.33. The summed E-state index contributed by atoms with van der Waals surface area (Å²) in [6, 6.07) is 15.0. The molecule has 0 aliphatic carbocycles. The van der Waals surface area contributed by atoms with Gasteiger partial charge >= 0.3 is 0 Å². The summed E-state index contributed by atoms with van der Waals surface area (Å²) in [6.07, 6.45) is 1.95. The molecule has 0 spiro atoms. The summed E-state index contributed by atoms with van der Waals surface area (Å²) < 4.78 is 1.26. The lowest BCUT2D eigenvalue weighted by atomic mass is 9.99. The highest BCUT2D eigenvalue weighted by molar-refractivity contribution is 14.1. The van der Waals surface area contributed by atoms with E-state index in [2.05, 4.69) is 59.1 Å². The maximum atomic E-state index is 6.10. The van der Waals surface area contributed by atoms with Crippen LogP contribution < -0.4 is 5.32 Å². The molecule has 0 aliphatic rings. The van der Waals surface area contributed by atoms with E-state index in [4.69, 9.17) is 23.2 Å². The summed E-state index contributed by atoms with van der Waals surface area (Å²) in [6.45, 7) is 3.09. The Balaban J connectivity index is 2.07. The molecule has 0 heterocycles. The number of likely N-dealkylation sites (N-methyl/N-ethyl adjacent to an activating group) is 1. The molecule has 0 amide bonds. The van der Waals surface area contributed by atoms with Gasteiger partial charge in [0.2, 0.25) is 0 Å². The van der Waals surface area contributed by atoms with Crippen molar-refractivity contribution in [1.82, 2.24) is 5.32 Å². The van der Waals surface area contributed by atoms with Crippen LogP contribution in [0.1, 0.15) is 18.1 Å². The van der Waals surface area contributed by atoms with Gasteiger partial charge in [-0.3, -0.25) is 0 Å². The minimum Gasteiger partial charge on any atom is -0.314 e. The van der Waals surface area contributed by atoms with Crippen molar-refractivity contribution in [2.45, 2.75) is 25.8 Å². The van der Waals surface area contributed by atoms with Crippen molar-refractivity contribution in [3.8, 4) is 0 Å². The topological polar surface area (TPSA) is 12.0 Å². The molecular formula is C17H18Cl2IN. The molecule has 1 nitrogen and oxygen atoms in total. The molecule has 2 aromatic rings. The van der Waals surface area contributed by atoms with E-state index in [0.717, 1.165) is 19.4 Å². The second-order valence-electron chi connectivity index (χ2n) is 5.04. The van der Waals surface area contributed by atoms with E-state index in [9.17, 15) is 0 Å². The molecule has 1 atom stereocenters. The number of hydrogen-bond acceptors (Lipinski definition) is 1. The predicted octanol–water partition coefficient (Wildman–Crippen LogP) is 5.36. The van der Waals surface area contributed by atoms with Gasteiger partial charge in [-0.05, 0) is 77.4 Å². The molecule has 0 radical (unpaired) electrons. The fraction of sp³-hybridized carbons (Fsp3) is 0.294. The van der Waals surface area contributed by atoms with Crippen LogP contribution in [0, 0.1) is 3.57 Å². The summed E-state index contributed by atoms with van der Waals surface area (Å²) in [5.41, 5.74) is 2.56. The lowest BCUT2D eigenvalue weighted by Gasteiger charge is -2.18. The Bertz CT molecular complexity index is 584. The maximum absolute atomic E-state index is 6.10. The third kappa shape index (κ3) is 5.44. The van der Waals surface area contributed by atoms with Gasteiger partial charge in [-0.15, -0.1) is 0 Å². The minimum atomic E-state index is 0.396. The van der Waals surface area contributed by atoms with E-state index in [0.29, 0.717) is 16.1 Å². The molecule has 1 N–H and O–H groups in total. The van der Waals surface area contributed by atoms with Crippen LogP contribution in [0.2, 0.25) is 10.0 Å². The Hall–Kier alpha value is -0.290.